The maximum atomic E-state index is 13.9. The summed E-state index contributed by atoms with van der Waals surface area (Å²) in [5.41, 5.74) is 1.30. The summed E-state index contributed by atoms with van der Waals surface area (Å²) in [6.45, 7) is 4.35. The first kappa shape index (κ1) is 27.9. The van der Waals surface area contributed by atoms with E-state index in [1.807, 2.05) is 65.6 Å². The van der Waals surface area contributed by atoms with Gasteiger partial charge in [-0.15, -0.1) is 0 Å². The molecule has 0 aliphatic carbocycles. The van der Waals surface area contributed by atoms with E-state index in [1.54, 1.807) is 44.1 Å². The Morgan fingerprint density at radius 2 is 1.69 bits per heavy atom. The van der Waals surface area contributed by atoms with Gasteiger partial charge in [-0.3, -0.25) is 9.59 Å². The number of rotatable bonds is 10. The van der Waals surface area contributed by atoms with E-state index >= 15 is 0 Å². The maximum Gasteiger partial charge on any atom is 0.249 e. The average Bonchev–Trinajstić information content (AvgIpc) is 3.32. The summed E-state index contributed by atoms with van der Waals surface area (Å²) in [4.78, 5) is 31.0. The molecule has 1 atom stereocenters. The average molecular weight is 547 g/mol. The Balaban J connectivity index is 1.56. The molecule has 0 aromatic heterocycles. The van der Waals surface area contributed by atoms with E-state index in [0.29, 0.717) is 28.8 Å². The third-order valence-electron chi connectivity index (χ3n) is 6.89. The first-order valence-corrected chi connectivity index (χ1v) is 13.1. The number of thiocarbonyl (C=S) groups is 1. The molecule has 3 aromatic rings. The third-order valence-corrected chi connectivity index (χ3v) is 7.26. The van der Waals surface area contributed by atoms with E-state index in [2.05, 4.69) is 10.6 Å². The van der Waals surface area contributed by atoms with Crippen molar-refractivity contribution in [1.82, 2.24) is 15.1 Å². The molecule has 0 unspecified atom stereocenters. The van der Waals surface area contributed by atoms with Crippen molar-refractivity contribution in [3.8, 4) is 11.5 Å². The Kier molecular flexibility index (Phi) is 8.71. The Morgan fingerprint density at radius 1 is 1.03 bits per heavy atom. The molecule has 0 spiro atoms. The molecular formula is C30H34N4O4S. The van der Waals surface area contributed by atoms with Crippen LogP contribution in [0.25, 0.3) is 0 Å². The first-order valence-electron chi connectivity index (χ1n) is 12.7. The summed E-state index contributed by atoms with van der Waals surface area (Å²) in [5.74, 6) is 0.506. The molecule has 4 rings (SSSR count). The second-order valence-corrected chi connectivity index (χ2v) is 10.2. The van der Waals surface area contributed by atoms with Crippen LogP contribution in [0, 0.1) is 0 Å². The minimum Gasteiger partial charge on any atom is -0.497 e. The highest BCUT2D eigenvalue weighted by molar-refractivity contribution is 7.80. The number of anilines is 1. The van der Waals surface area contributed by atoms with E-state index in [1.165, 1.54) is 7.11 Å². The van der Waals surface area contributed by atoms with Gasteiger partial charge in [0.05, 0.1) is 32.5 Å². The van der Waals surface area contributed by atoms with Crippen molar-refractivity contribution in [3.63, 3.8) is 0 Å². The Morgan fingerprint density at radius 3 is 2.33 bits per heavy atom. The van der Waals surface area contributed by atoms with Gasteiger partial charge in [-0.05, 0) is 49.3 Å². The van der Waals surface area contributed by atoms with Crippen LogP contribution in [0.1, 0.15) is 31.0 Å². The van der Waals surface area contributed by atoms with Crippen molar-refractivity contribution in [2.75, 3.05) is 32.6 Å². The molecule has 0 saturated carbocycles. The lowest BCUT2D eigenvalue weighted by Crippen LogP contribution is -2.57. The molecule has 39 heavy (non-hydrogen) atoms. The monoisotopic (exact) mass is 546 g/mol. The van der Waals surface area contributed by atoms with E-state index in [-0.39, 0.29) is 30.9 Å². The van der Waals surface area contributed by atoms with Crippen LogP contribution >= 0.6 is 12.2 Å². The number of carbonyl (C=O) groups excluding carboxylic acids is 2. The summed E-state index contributed by atoms with van der Waals surface area (Å²) >= 11 is 5.57. The number of amides is 2. The predicted octanol–water partition coefficient (Wildman–Crippen LogP) is 4.38. The number of hydrogen-bond acceptors (Lipinski definition) is 5. The standard InChI is InChI=1S/C30H34N4O4S/c1-30(2,28(36)31-24-16-15-23(37-3)17-26(24)38-4)34(18-21-11-7-5-8-12-21)27(35)20-33-19-25(32-29(33)39)22-13-9-6-10-14-22/h5-17,25H,18-20H2,1-4H3,(H,31,36)(H,32,39)/t25-/m0/s1. The largest absolute Gasteiger partial charge is 0.497 e. The van der Waals surface area contributed by atoms with Crippen molar-refractivity contribution in [3.05, 3.63) is 90.0 Å². The van der Waals surface area contributed by atoms with Gasteiger partial charge in [-0.1, -0.05) is 60.7 Å². The highest BCUT2D eigenvalue weighted by atomic mass is 32.1. The van der Waals surface area contributed by atoms with E-state index in [9.17, 15) is 9.59 Å². The Hall–Kier alpha value is -4.11. The van der Waals surface area contributed by atoms with Crippen molar-refractivity contribution < 1.29 is 19.1 Å². The van der Waals surface area contributed by atoms with Gasteiger partial charge in [0.15, 0.2) is 5.11 Å². The predicted molar refractivity (Wildman–Crippen MR) is 156 cm³/mol. The number of hydrogen-bond donors (Lipinski definition) is 2. The van der Waals surface area contributed by atoms with Crippen LogP contribution < -0.4 is 20.1 Å². The van der Waals surface area contributed by atoms with Crippen LogP contribution in [-0.2, 0) is 16.1 Å². The van der Waals surface area contributed by atoms with Crippen molar-refractivity contribution in [1.29, 1.82) is 0 Å². The minimum absolute atomic E-state index is 0.00656. The maximum absolute atomic E-state index is 13.9. The Bertz CT molecular complexity index is 1320. The lowest BCUT2D eigenvalue weighted by atomic mass is 9.99. The summed E-state index contributed by atoms with van der Waals surface area (Å²) < 4.78 is 10.7. The fourth-order valence-electron chi connectivity index (χ4n) is 4.51. The topological polar surface area (TPSA) is 83.1 Å². The lowest BCUT2D eigenvalue weighted by Gasteiger charge is -2.38. The van der Waals surface area contributed by atoms with Gasteiger partial charge in [0.2, 0.25) is 11.8 Å². The number of methoxy groups -OCH3 is 2. The number of nitrogens with zero attached hydrogens (tertiary/aromatic N) is 2. The van der Waals surface area contributed by atoms with Crippen LogP contribution in [0.15, 0.2) is 78.9 Å². The van der Waals surface area contributed by atoms with Gasteiger partial charge in [0, 0.05) is 19.2 Å². The molecular weight excluding hydrogens is 512 g/mol. The van der Waals surface area contributed by atoms with Gasteiger partial charge in [0.1, 0.15) is 17.0 Å². The molecule has 8 nitrogen and oxygen atoms in total. The molecule has 0 bridgehead atoms. The smallest absolute Gasteiger partial charge is 0.249 e. The molecule has 1 aliphatic rings. The summed E-state index contributed by atoms with van der Waals surface area (Å²) in [6.07, 6.45) is 0. The lowest BCUT2D eigenvalue weighted by molar-refractivity contribution is -0.144. The van der Waals surface area contributed by atoms with E-state index < -0.39 is 5.54 Å². The molecule has 0 radical (unpaired) electrons. The highest BCUT2D eigenvalue weighted by Gasteiger charge is 2.40. The van der Waals surface area contributed by atoms with Gasteiger partial charge in [0.25, 0.3) is 0 Å². The van der Waals surface area contributed by atoms with Crippen LogP contribution in [-0.4, -0.2) is 59.6 Å². The molecule has 3 aromatic carbocycles. The van der Waals surface area contributed by atoms with E-state index in [4.69, 9.17) is 21.7 Å². The van der Waals surface area contributed by atoms with Crippen molar-refractivity contribution >= 4 is 34.8 Å². The Labute approximate surface area is 234 Å². The first-order chi connectivity index (χ1) is 18.7. The fourth-order valence-corrected chi connectivity index (χ4v) is 4.79. The van der Waals surface area contributed by atoms with Crippen LogP contribution in [0.3, 0.4) is 0 Å². The minimum atomic E-state index is -1.20. The third kappa shape index (κ3) is 6.49. The zero-order chi connectivity index (χ0) is 28.0. The molecule has 9 heteroatoms. The second kappa shape index (κ2) is 12.2. The van der Waals surface area contributed by atoms with Gasteiger partial charge in [-0.25, -0.2) is 0 Å². The summed E-state index contributed by atoms with van der Waals surface area (Å²) in [6, 6.07) is 24.8. The van der Waals surface area contributed by atoms with Gasteiger partial charge >= 0.3 is 0 Å². The summed E-state index contributed by atoms with van der Waals surface area (Å²) in [5, 5.41) is 6.77. The van der Waals surface area contributed by atoms with Gasteiger partial charge in [-0.2, -0.15) is 0 Å². The molecule has 204 valence electrons. The van der Waals surface area contributed by atoms with Crippen LogP contribution in [0.2, 0.25) is 0 Å². The molecule has 1 heterocycles. The zero-order valence-corrected chi connectivity index (χ0v) is 23.5. The summed E-state index contributed by atoms with van der Waals surface area (Å²) in [7, 11) is 3.09. The van der Waals surface area contributed by atoms with Gasteiger partial charge < -0.3 is 29.9 Å². The van der Waals surface area contributed by atoms with Crippen molar-refractivity contribution in [2.45, 2.75) is 32.0 Å². The van der Waals surface area contributed by atoms with E-state index in [0.717, 1.165) is 11.1 Å². The molecule has 2 N–H and O–H groups in total. The normalized spacial score (nSPS) is 14.9. The molecule has 1 aliphatic heterocycles. The molecule has 1 saturated heterocycles. The molecule has 1 fully saturated rings. The molecule has 2 amide bonds. The fraction of sp³-hybridized carbons (Fsp3) is 0.300. The SMILES string of the molecule is COc1ccc(NC(=O)C(C)(C)N(Cc2ccccc2)C(=O)CN2C[C@@H](c3ccccc3)NC2=S)c(OC)c1. The highest BCUT2D eigenvalue weighted by Crippen LogP contribution is 2.31. The quantitative estimate of drug-likeness (QED) is 0.365. The van der Waals surface area contributed by atoms with Crippen molar-refractivity contribution in [2.24, 2.45) is 0 Å². The second-order valence-electron chi connectivity index (χ2n) is 9.84. The number of carbonyl (C=O) groups is 2. The number of benzene rings is 3. The number of ether oxygens (including phenoxy) is 2. The zero-order valence-electron chi connectivity index (χ0n) is 22.6. The van der Waals surface area contributed by atoms with Crippen LogP contribution in [0.5, 0.6) is 11.5 Å². The van der Waals surface area contributed by atoms with Crippen LogP contribution in [0.4, 0.5) is 5.69 Å². The number of nitrogens with one attached hydrogen (secondary N) is 2.